The summed E-state index contributed by atoms with van der Waals surface area (Å²) in [7, 11) is 0. The Morgan fingerprint density at radius 1 is 1.47 bits per heavy atom. The van der Waals surface area contributed by atoms with Crippen LogP contribution in [0.1, 0.15) is 18.9 Å². The van der Waals surface area contributed by atoms with Crippen molar-refractivity contribution in [2.24, 2.45) is 0 Å². The van der Waals surface area contributed by atoms with Crippen LogP contribution in [0.4, 0.5) is 10.2 Å². The number of nitrogens with one attached hydrogen (secondary N) is 1. The minimum absolute atomic E-state index is 0.117. The first-order valence-corrected chi connectivity index (χ1v) is 6.24. The van der Waals surface area contributed by atoms with E-state index in [1.54, 1.807) is 31.3 Å². The summed E-state index contributed by atoms with van der Waals surface area (Å²) in [5.41, 5.74) is 0.376. The van der Waals surface area contributed by atoms with Crippen molar-refractivity contribution in [1.82, 2.24) is 9.78 Å². The van der Waals surface area contributed by atoms with Crippen molar-refractivity contribution in [1.29, 1.82) is 0 Å². The van der Waals surface area contributed by atoms with Crippen molar-refractivity contribution < 1.29 is 9.18 Å². The van der Waals surface area contributed by atoms with Gasteiger partial charge in [-0.25, -0.2) is 4.39 Å². The summed E-state index contributed by atoms with van der Waals surface area (Å²) in [6.45, 7) is 1.97. The van der Waals surface area contributed by atoms with E-state index in [0.717, 1.165) is 0 Å². The highest BCUT2D eigenvalue weighted by Crippen LogP contribution is 2.20. The number of anilines is 1. The van der Waals surface area contributed by atoms with Crippen LogP contribution in [-0.2, 0) is 11.3 Å². The molecule has 100 valence electrons. The molecule has 0 saturated carbocycles. The monoisotopic (exact) mass is 281 g/mol. The fraction of sp³-hybridized carbons (Fsp3) is 0.231. The van der Waals surface area contributed by atoms with E-state index in [1.807, 2.05) is 0 Å². The molecule has 1 amide bonds. The van der Waals surface area contributed by atoms with Gasteiger partial charge in [0.1, 0.15) is 5.82 Å². The number of hydrogen-bond acceptors (Lipinski definition) is 2. The topological polar surface area (TPSA) is 46.9 Å². The van der Waals surface area contributed by atoms with Crippen molar-refractivity contribution in [3.8, 4) is 0 Å². The van der Waals surface area contributed by atoms with Gasteiger partial charge in [-0.3, -0.25) is 9.48 Å². The summed E-state index contributed by atoms with van der Waals surface area (Å²) in [4.78, 5) is 11.2. The fourth-order valence-corrected chi connectivity index (χ4v) is 1.82. The SMILES string of the molecule is CCC(=O)Nc1ccn(Cc2c(F)cccc2Cl)n1. The Kier molecular flexibility index (Phi) is 4.16. The average molecular weight is 282 g/mol. The summed E-state index contributed by atoms with van der Waals surface area (Å²) >= 11 is 5.94. The zero-order valence-electron chi connectivity index (χ0n) is 10.4. The van der Waals surface area contributed by atoms with Gasteiger partial charge in [-0.2, -0.15) is 5.10 Å². The minimum Gasteiger partial charge on any atom is -0.309 e. The maximum Gasteiger partial charge on any atom is 0.225 e. The van der Waals surface area contributed by atoms with Gasteiger partial charge < -0.3 is 5.32 Å². The summed E-state index contributed by atoms with van der Waals surface area (Å²) < 4.78 is 15.1. The number of halogens is 2. The molecule has 0 atom stereocenters. The van der Waals surface area contributed by atoms with Crippen LogP contribution in [0.3, 0.4) is 0 Å². The third kappa shape index (κ3) is 3.32. The van der Waals surface area contributed by atoms with Gasteiger partial charge in [0.15, 0.2) is 5.82 Å². The number of carbonyl (C=O) groups is 1. The molecule has 19 heavy (non-hydrogen) atoms. The highest BCUT2D eigenvalue weighted by molar-refractivity contribution is 6.31. The van der Waals surface area contributed by atoms with E-state index in [4.69, 9.17) is 11.6 Å². The van der Waals surface area contributed by atoms with E-state index in [-0.39, 0.29) is 18.3 Å². The number of nitrogens with zero attached hydrogens (tertiary/aromatic N) is 2. The van der Waals surface area contributed by atoms with Gasteiger partial charge in [-0.1, -0.05) is 24.6 Å². The molecular weight excluding hydrogens is 269 g/mol. The van der Waals surface area contributed by atoms with Crippen molar-refractivity contribution >= 4 is 23.3 Å². The lowest BCUT2D eigenvalue weighted by Crippen LogP contribution is -2.11. The molecule has 1 heterocycles. The molecule has 0 spiro atoms. The number of benzene rings is 1. The summed E-state index contributed by atoms with van der Waals surface area (Å²) in [5, 5.41) is 7.12. The second-order valence-electron chi connectivity index (χ2n) is 4.00. The van der Waals surface area contributed by atoms with Crippen LogP contribution >= 0.6 is 11.6 Å². The van der Waals surface area contributed by atoms with Crippen LogP contribution < -0.4 is 5.32 Å². The molecule has 1 aromatic heterocycles. The van der Waals surface area contributed by atoms with E-state index in [9.17, 15) is 9.18 Å². The molecule has 0 aliphatic heterocycles. The van der Waals surface area contributed by atoms with Crippen molar-refractivity contribution in [2.45, 2.75) is 19.9 Å². The summed E-state index contributed by atoms with van der Waals surface area (Å²) in [6, 6.07) is 6.19. The number of rotatable bonds is 4. The number of aromatic nitrogens is 2. The molecule has 0 radical (unpaired) electrons. The molecule has 2 aromatic rings. The molecule has 0 bridgehead atoms. The molecule has 0 unspecified atom stereocenters. The van der Waals surface area contributed by atoms with Crippen molar-refractivity contribution in [3.05, 3.63) is 46.9 Å². The Hall–Kier alpha value is -1.88. The predicted octanol–water partition coefficient (Wildman–Crippen LogP) is 3.07. The van der Waals surface area contributed by atoms with Gasteiger partial charge in [0.2, 0.25) is 5.91 Å². The van der Waals surface area contributed by atoms with Gasteiger partial charge in [0, 0.05) is 29.3 Å². The highest BCUT2D eigenvalue weighted by atomic mass is 35.5. The van der Waals surface area contributed by atoms with Crippen molar-refractivity contribution in [3.63, 3.8) is 0 Å². The van der Waals surface area contributed by atoms with Crippen LogP contribution in [0, 0.1) is 5.82 Å². The highest BCUT2D eigenvalue weighted by Gasteiger charge is 2.09. The molecule has 1 N–H and O–H groups in total. The molecule has 0 aliphatic carbocycles. The Balaban J connectivity index is 2.14. The lowest BCUT2D eigenvalue weighted by molar-refractivity contribution is -0.115. The molecule has 1 aromatic carbocycles. The van der Waals surface area contributed by atoms with Gasteiger partial charge >= 0.3 is 0 Å². The average Bonchev–Trinajstić information content (AvgIpc) is 2.81. The van der Waals surface area contributed by atoms with Crippen LogP contribution in [-0.4, -0.2) is 15.7 Å². The molecular formula is C13H13ClFN3O. The second kappa shape index (κ2) is 5.84. The number of amides is 1. The van der Waals surface area contributed by atoms with E-state index in [1.165, 1.54) is 10.7 Å². The fourth-order valence-electron chi connectivity index (χ4n) is 1.59. The van der Waals surface area contributed by atoms with E-state index in [2.05, 4.69) is 10.4 Å². The third-order valence-electron chi connectivity index (χ3n) is 2.61. The van der Waals surface area contributed by atoms with Gasteiger partial charge in [0.25, 0.3) is 0 Å². The lowest BCUT2D eigenvalue weighted by Gasteiger charge is -2.06. The standard InChI is InChI=1S/C13H13ClFN3O/c1-2-13(19)16-12-6-7-18(17-12)8-9-10(14)4-3-5-11(9)15/h3-7H,2,8H2,1H3,(H,16,17,19). The maximum absolute atomic E-state index is 13.6. The zero-order valence-corrected chi connectivity index (χ0v) is 11.1. The molecule has 0 aliphatic rings. The molecule has 0 fully saturated rings. The quantitative estimate of drug-likeness (QED) is 0.936. The smallest absolute Gasteiger partial charge is 0.225 e. The van der Waals surface area contributed by atoms with Crippen LogP contribution in [0.15, 0.2) is 30.5 Å². The van der Waals surface area contributed by atoms with E-state index < -0.39 is 0 Å². The zero-order chi connectivity index (χ0) is 13.8. The van der Waals surface area contributed by atoms with E-state index in [0.29, 0.717) is 22.8 Å². The first-order valence-electron chi connectivity index (χ1n) is 5.86. The Bertz CT molecular complexity index is 577. The first-order chi connectivity index (χ1) is 9.10. The third-order valence-corrected chi connectivity index (χ3v) is 2.97. The Labute approximate surface area is 115 Å². The normalized spacial score (nSPS) is 10.5. The summed E-state index contributed by atoms with van der Waals surface area (Å²) in [6.07, 6.45) is 2.04. The first kappa shape index (κ1) is 13.5. The van der Waals surface area contributed by atoms with Gasteiger partial charge in [0.05, 0.1) is 6.54 Å². The number of carbonyl (C=O) groups excluding carboxylic acids is 1. The molecule has 0 saturated heterocycles. The maximum atomic E-state index is 13.6. The Morgan fingerprint density at radius 2 is 2.26 bits per heavy atom. The second-order valence-corrected chi connectivity index (χ2v) is 4.41. The van der Waals surface area contributed by atoms with Crippen LogP contribution in [0.5, 0.6) is 0 Å². The van der Waals surface area contributed by atoms with Gasteiger partial charge in [-0.15, -0.1) is 0 Å². The molecule has 4 nitrogen and oxygen atoms in total. The van der Waals surface area contributed by atoms with Crippen LogP contribution in [0.25, 0.3) is 0 Å². The molecule has 2 rings (SSSR count). The van der Waals surface area contributed by atoms with Gasteiger partial charge in [-0.05, 0) is 12.1 Å². The predicted molar refractivity (Wildman–Crippen MR) is 71.7 cm³/mol. The lowest BCUT2D eigenvalue weighted by atomic mass is 10.2. The summed E-state index contributed by atoms with van der Waals surface area (Å²) in [5.74, 6) is -0.0457. The van der Waals surface area contributed by atoms with Crippen molar-refractivity contribution in [2.75, 3.05) is 5.32 Å². The molecule has 6 heteroatoms. The number of hydrogen-bond donors (Lipinski definition) is 1. The van der Waals surface area contributed by atoms with Crippen LogP contribution in [0.2, 0.25) is 5.02 Å². The minimum atomic E-state index is -0.373. The Morgan fingerprint density at radius 3 is 2.95 bits per heavy atom. The van der Waals surface area contributed by atoms with E-state index >= 15 is 0 Å². The largest absolute Gasteiger partial charge is 0.309 e.